The Balaban J connectivity index is 2.52. The van der Waals surface area contributed by atoms with E-state index in [1.807, 2.05) is 0 Å². The van der Waals surface area contributed by atoms with Crippen LogP contribution in [0.3, 0.4) is 0 Å². The molecule has 0 amide bonds. The third-order valence-electron chi connectivity index (χ3n) is 2.92. The van der Waals surface area contributed by atoms with Crippen molar-refractivity contribution < 1.29 is 0 Å². The molecule has 0 bridgehead atoms. The lowest BCUT2D eigenvalue weighted by Gasteiger charge is -2.06. The molecule has 0 nitrogen and oxygen atoms in total. The fraction of sp³-hybridized carbons (Fsp3) is 0.158. The average Bonchev–Trinajstić information content (AvgIpc) is 3.00. The first-order chi connectivity index (χ1) is 10.2. The molecular formula is C19H22PS+. The molecule has 0 aliphatic heterocycles. The minimum Gasteiger partial charge on any atom is -0.0827 e. The van der Waals surface area contributed by atoms with Crippen LogP contribution in [-0.2, 0) is 10.9 Å². The first kappa shape index (κ1) is 15.9. The van der Waals surface area contributed by atoms with Crippen LogP contribution in [0.5, 0.6) is 0 Å². The van der Waals surface area contributed by atoms with Gasteiger partial charge in [0.2, 0.25) is 0 Å². The van der Waals surface area contributed by atoms with Crippen molar-refractivity contribution in [1.82, 2.24) is 0 Å². The van der Waals surface area contributed by atoms with Crippen LogP contribution in [0.15, 0.2) is 92.6 Å². The van der Waals surface area contributed by atoms with Crippen LogP contribution >= 0.6 is 8.19 Å². The van der Waals surface area contributed by atoms with E-state index in [9.17, 15) is 0 Å². The lowest BCUT2D eigenvalue weighted by Crippen LogP contribution is -2.03. The molecule has 2 rings (SSSR count). The van der Waals surface area contributed by atoms with E-state index in [4.69, 9.17) is 0 Å². The maximum absolute atomic E-state index is 2.29. The van der Waals surface area contributed by atoms with Gasteiger partial charge in [-0.25, -0.2) is 0 Å². The molecule has 0 spiro atoms. The summed E-state index contributed by atoms with van der Waals surface area (Å²) in [7, 11) is 0.823. The second-order valence-electron chi connectivity index (χ2n) is 4.97. The molecule has 0 aliphatic carbocycles. The van der Waals surface area contributed by atoms with Gasteiger partial charge < -0.3 is 0 Å². The number of allylic oxidation sites excluding steroid dienone is 5. The second-order valence-corrected chi connectivity index (χ2v) is 8.48. The molecular weight excluding hydrogens is 291 g/mol. The van der Waals surface area contributed by atoms with E-state index in [1.54, 1.807) is 0 Å². The van der Waals surface area contributed by atoms with Crippen LogP contribution in [0.1, 0.15) is 20.8 Å². The SMILES string of the molecule is C/C=C\C(=C/C=C(C)C)[S+](c1ccccc1)c1ccc[pH]1. The van der Waals surface area contributed by atoms with Crippen molar-refractivity contribution in [2.24, 2.45) is 0 Å². The lowest BCUT2D eigenvalue weighted by molar-refractivity contribution is 1.39. The summed E-state index contributed by atoms with van der Waals surface area (Å²) in [5, 5.41) is 0. The van der Waals surface area contributed by atoms with Crippen molar-refractivity contribution in [2.75, 3.05) is 0 Å². The molecule has 0 aliphatic rings. The molecule has 0 fully saturated rings. The van der Waals surface area contributed by atoms with Gasteiger partial charge in [0.25, 0.3) is 0 Å². The fourth-order valence-corrected chi connectivity index (χ4v) is 5.82. The molecule has 2 atom stereocenters. The molecule has 0 saturated heterocycles. The number of rotatable bonds is 5. The Morgan fingerprint density at radius 1 is 1.00 bits per heavy atom. The standard InChI is InChI=1S/C19H22PS/c1-4-9-17(14-13-16(2)3)21(19-12-8-15-20-19)18-10-6-5-7-11-18/h4-15,20H,1-3H3/q+1/b9-4-,17-14+. The molecule has 2 heteroatoms. The third kappa shape index (κ3) is 4.52. The zero-order valence-corrected chi connectivity index (χ0v) is 14.7. The summed E-state index contributed by atoms with van der Waals surface area (Å²) < 4.78 is 1.52. The quantitative estimate of drug-likeness (QED) is 0.456. The molecule has 2 unspecified atom stereocenters. The molecule has 108 valence electrons. The van der Waals surface area contributed by atoms with E-state index in [0.29, 0.717) is 0 Å². The monoisotopic (exact) mass is 313 g/mol. The van der Waals surface area contributed by atoms with Crippen LogP contribution in [0, 0.1) is 0 Å². The van der Waals surface area contributed by atoms with Crippen LogP contribution < -0.4 is 0 Å². The summed E-state index contributed by atoms with van der Waals surface area (Å²) in [4.78, 5) is 2.78. The van der Waals surface area contributed by atoms with Crippen molar-refractivity contribution in [3.05, 3.63) is 83.0 Å². The Kier molecular flexibility index (Phi) is 6.17. The normalized spacial score (nSPS) is 13.8. The van der Waals surface area contributed by atoms with Crippen molar-refractivity contribution >= 4 is 19.1 Å². The van der Waals surface area contributed by atoms with E-state index in [1.165, 1.54) is 20.0 Å². The van der Waals surface area contributed by atoms with Crippen LogP contribution in [0.4, 0.5) is 0 Å². The fourth-order valence-electron chi connectivity index (χ4n) is 1.99. The van der Waals surface area contributed by atoms with E-state index >= 15 is 0 Å². The second kappa shape index (κ2) is 8.12. The lowest BCUT2D eigenvalue weighted by atomic mass is 10.3. The Morgan fingerprint density at radius 3 is 2.33 bits per heavy atom. The predicted molar refractivity (Wildman–Crippen MR) is 98.6 cm³/mol. The predicted octanol–water partition coefficient (Wildman–Crippen LogP) is 6.18. The van der Waals surface area contributed by atoms with Gasteiger partial charge in [0.15, 0.2) is 14.4 Å². The van der Waals surface area contributed by atoms with Gasteiger partial charge in [-0.3, -0.25) is 0 Å². The summed E-state index contributed by atoms with van der Waals surface area (Å²) in [5.41, 5.74) is 1.33. The molecule has 1 heterocycles. The van der Waals surface area contributed by atoms with Gasteiger partial charge in [-0.15, -0.1) is 0 Å². The van der Waals surface area contributed by atoms with Crippen molar-refractivity contribution in [2.45, 2.75) is 30.3 Å². The molecule has 0 radical (unpaired) electrons. The molecule has 0 saturated carbocycles. The maximum Gasteiger partial charge on any atom is 0.180 e. The topological polar surface area (TPSA) is 0 Å². The van der Waals surface area contributed by atoms with Crippen LogP contribution in [0.25, 0.3) is 0 Å². The van der Waals surface area contributed by atoms with Gasteiger partial charge in [0, 0.05) is 0 Å². The van der Waals surface area contributed by atoms with Gasteiger partial charge in [0.05, 0.1) is 0 Å². The van der Waals surface area contributed by atoms with Gasteiger partial charge in [0.1, 0.15) is 10.9 Å². The maximum atomic E-state index is 2.29. The first-order valence-electron chi connectivity index (χ1n) is 7.13. The average molecular weight is 313 g/mol. The summed E-state index contributed by atoms with van der Waals surface area (Å²) >= 11 is 0. The Hall–Kier alpha value is -1.43. The summed E-state index contributed by atoms with van der Waals surface area (Å²) in [6, 6.07) is 15.3. The van der Waals surface area contributed by atoms with E-state index in [2.05, 4.69) is 93.3 Å². The Bertz CT molecular complexity index is 629. The van der Waals surface area contributed by atoms with Gasteiger partial charge in [-0.05, 0) is 56.9 Å². The Morgan fingerprint density at radius 2 is 1.76 bits per heavy atom. The van der Waals surface area contributed by atoms with Crippen LogP contribution in [-0.4, -0.2) is 0 Å². The minimum absolute atomic E-state index is 0.0234. The van der Waals surface area contributed by atoms with Crippen LogP contribution in [0.2, 0.25) is 0 Å². The van der Waals surface area contributed by atoms with Gasteiger partial charge in [-0.1, -0.05) is 50.2 Å². The molecule has 21 heavy (non-hydrogen) atoms. The highest BCUT2D eigenvalue weighted by atomic mass is 32.2. The third-order valence-corrected chi connectivity index (χ3v) is 6.76. The highest BCUT2D eigenvalue weighted by molar-refractivity contribution is 8.03. The summed E-state index contributed by atoms with van der Waals surface area (Å²) in [6.45, 7) is 6.37. The first-order valence-corrected chi connectivity index (χ1v) is 9.43. The number of hydrogen-bond acceptors (Lipinski definition) is 0. The molecule has 2 aromatic rings. The molecule has 1 aromatic carbocycles. The molecule has 1 aromatic heterocycles. The summed E-state index contributed by atoms with van der Waals surface area (Å²) in [6.07, 6.45) is 8.87. The largest absolute Gasteiger partial charge is 0.180 e. The Labute approximate surface area is 132 Å². The zero-order valence-electron chi connectivity index (χ0n) is 12.8. The van der Waals surface area contributed by atoms with Gasteiger partial charge >= 0.3 is 0 Å². The van der Waals surface area contributed by atoms with Crippen molar-refractivity contribution in [1.29, 1.82) is 0 Å². The van der Waals surface area contributed by atoms with Crippen molar-refractivity contribution in [3.63, 3.8) is 0 Å². The zero-order chi connectivity index (χ0) is 15.1. The van der Waals surface area contributed by atoms with E-state index in [0.717, 1.165) is 8.19 Å². The summed E-state index contributed by atoms with van der Waals surface area (Å²) in [5.74, 6) is 2.27. The van der Waals surface area contributed by atoms with E-state index in [-0.39, 0.29) is 10.9 Å². The highest BCUT2D eigenvalue weighted by Crippen LogP contribution is 2.36. The smallest absolute Gasteiger partial charge is 0.0827 e. The highest BCUT2D eigenvalue weighted by Gasteiger charge is 2.29. The number of hydrogen-bond donors (Lipinski definition) is 0. The number of benzene rings is 1. The van der Waals surface area contributed by atoms with Crippen molar-refractivity contribution in [3.8, 4) is 0 Å². The van der Waals surface area contributed by atoms with E-state index < -0.39 is 0 Å². The molecule has 0 N–H and O–H groups in total. The van der Waals surface area contributed by atoms with Gasteiger partial charge in [-0.2, -0.15) is 0 Å². The minimum atomic E-state index is 0.0234.